The van der Waals surface area contributed by atoms with Crippen molar-refractivity contribution in [3.8, 4) is 0 Å². The second-order valence-corrected chi connectivity index (χ2v) is 6.97. The minimum absolute atomic E-state index is 0.0235. The van der Waals surface area contributed by atoms with Crippen molar-refractivity contribution in [2.75, 3.05) is 19.6 Å². The molecule has 1 N–H and O–H groups in total. The van der Waals surface area contributed by atoms with Gasteiger partial charge in [0, 0.05) is 30.4 Å². The van der Waals surface area contributed by atoms with Crippen molar-refractivity contribution in [1.29, 1.82) is 0 Å². The maximum absolute atomic E-state index is 12.1. The molecule has 1 fully saturated rings. The van der Waals surface area contributed by atoms with E-state index >= 15 is 0 Å². The van der Waals surface area contributed by atoms with Gasteiger partial charge >= 0.3 is 0 Å². The number of hydrogen-bond acceptors (Lipinski definition) is 4. The molecule has 1 atom stereocenters. The summed E-state index contributed by atoms with van der Waals surface area (Å²) in [6.07, 6.45) is 0.815. The molecule has 2 heterocycles. The van der Waals surface area contributed by atoms with Crippen LogP contribution in [0.3, 0.4) is 0 Å². The molecule has 2 rings (SSSR count). The van der Waals surface area contributed by atoms with E-state index in [2.05, 4.69) is 11.3 Å². The second-order valence-electron chi connectivity index (χ2n) is 4.48. The van der Waals surface area contributed by atoms with Crippen LogP contribution >= 0.6 is 11.3 Å². The van der Waals surface area contributed by atoms with Gasteiger partial charge < -0.3 is 4.90 Å². The molecular formula is C12H16N2O3S2. The zero-order chi connectivity index (χ0) is 13.9. The number of carbonyl (C=O) groups is 1. The number of likely N-dealkylation sites (tertiary alicyclic amines) is 1. The highest BCUT2D eigenvalue weighted by Gasteiger charge is 2.27. The third-order valence-corrected chi connectivity index (χ3v) is 4.82. The number of rotatable bonds is 5. The number of hydrogen-bond donors (Lipinski definition) is 1. The molecule has 1 amide bonds. The summed E-state index contributed by atoms with van der Waals surface area (Å²) in [5, 5.41) is 4.60. The smallest absolute Gasteiger partial charge is 0.254 e. The Labute approximate surface area is 117 Å². The number of carbonyl (C=O) groups excluding carboxylic acids is 1. The molecule has 0 saturated carbocycles. The Morgan fingerprint density at radius 2 is 2.42 bits per heavy atom. The van der Waals surface area contributed by atoms with E-state index in [0.29, 0.717) is 25.2 Å². The molecular weight excluding hydrogens is 284 g/mol. The van der Waals surface area contributed by atoms with Crippen LogP contribution in [-0.4, -0.2) is 38.9 Å². The zero-order valence-electron chi connectivity index (χ0n) is 10.4. The molecule has 1 aliphatic heterocycles. The molecule has 0 radical (unpaired) electrons. The van der Waals surface area contributed by atoms with Gasteiger partial charge in [-0.25, -0.2) is 13.1 Å². The highest BCUT2D eigenvalue weighted by Crippen LogP contribution is 2.19. The maximum atomic E-state index is 12.1. The lowest BCUT2D eigenvalue weighted by Gasteiger charge is -2.15. The van der Waals surface area contributed by atoms with Crippen molar-refractivity contribution in [1.82, 2.24) is 9.62 Å². The minimum atomic E-state index is -3.38. The zero-order valence-corrected chi connectivity index (χ0v) is 12.0. The van der Waals surface area contributed by atoms with E-state index < -0.39 is 10.0 Å². The van der Waals surface area contributed by atoms with Crippen LogP contribution in [0, 0.1) is 5.92 Å². The SMILES string of the molecule is C=CS(=O)(=O)NC[C@H]1CCN(C(=O)c2ccsc2)C1. The lowest BCUT2D eigenvalue weighted by Crippen LogP contribution is -2.32. The monoisotopic (exact) mass is 300 g/mol. The summed E-state index contributed by atoms with van der Waals surface area (Å²) in [5.74, 6) is 0.188. The van der Waals surface area contributed by atoms with Gasteiger partial charge in [-0.3, -0.25) is 4.79 Å². The first kappa shape index (κ1) is 14.2. The van der Waals surface area contributed by atoms with Crippen molar-refractivity contribution in [3.63, 3.8) is 0 Å². The average molecular weight is 300 g/mol. The number of sulfonamides is 1. The lowest BCUT2D eigenvalue weighted by molar-refractivity contribution is 0.0788. The number of nitrogens with zero attached hydrogens (tertiary/aromatic N) is 1. The van der Waals surface area contributed by atoms with Crippen LogP contribution in [0.15, 0.2) is 28.8 Å². The first-order chi connectivity index (χ1) is 9.02. The third kappa shape index (κ3) is 3.65. The van der Waals surface area contributed by atoms with Crippen LogP contribution in [0.25, 0.3) is 0 Å². The Bertz CT molecular complexity index is 552. The number of amides is 1. The number of nitrogens with one attached hydrogen (secondary N) is 1. The third-order valence-electron chi connectivity index (χ3n) is 3.13. The molecule has 7 heteroatoms. The van der Waals surface area contributed by atoms with Gasteiger partial charge in [0.2, 0.25) is 10.0 Å². The highest BCUT2D eigenvalue weighted by atomic mass is 32.2. The van der Waals surface area contributed by atoms with E-state index in [-0.39, 0.29) is 11.8 Å². The van der Waals surface area contributed by atoms with E-state index in [1.54, 1.807) is 11.0 Å². The molecule has 19 heavy (non-hydrogen) atoms. The summed E-state index contributed by atoms with van der Waals surface area (Å²) >= 11 is 1.49. The predicted octanol–water partition coefficient (Wildman–Crippen LogP) is 1.27. The van der Waals surface area contributed by atoms with Crippen molar-refractivity contribution in [3.05, 3.63) is 34.4 Å². The summed E-state index contributed by atoms with van der Waals surface area (Å²) in [5.41, 5.74) is 0.706. The van der Waals surface area contributed by atoms with Crippen LogP contribution < -0.4 is 4.72 Å². The topological polar surface area (TPSA) is 66.5 Å². The summed E-state index contributed by atoms with van der Waals surface area (Å²) in [6.45, 7) is 4.86. The van der Waals surface area contributed by atoms with Gasteiger partial charge in [-0.05, 0) is 23.8 Å². The molecule has 0 aliphatic carbocycles. The molecule has 104 valence electrons. The van der Waals surface area contributed by atoms with Gasteiger partial charge in [0.1, 0.15) is 0 Å². The molecule has 0 unspecified atom stereocenters. The summed E-state index contributed by atoms with van der Waals surface area (Å²) < 4.78 is 25.0. The first-order valence-electron chi connectivity index (χ1n) is 5.95. The molecule has 0 spiro atoms. The van der Waals surface area contributed by atoms with Crippen LogP contribution in [0.4, 0.5) is 0 Å². The quantitative estimate of drug-likeness (QED) is 0.890. The van der Waals surface area contributed by atoms with Crippen molar-refractivity contribution in [2.45, 2.75) is 6.42 Å². The van der Waals surface area contributed by atoms with Crippen molar-refractivity contribution < 1.29 is 13.2 Å². The van der Waals surface area contributed by atoms with Gasteiger partial charge in [0.05, 0.1) is 5.56 Å². The molecule has 1 aliphatic rings. The molecule has 1 saturated heterocycles. The van der Waals surface area contributed by atoms with Crippen LogP contribution in [-0.2, 0) is 10.0 Å². The summed E-state index contributed by atoms with van der Waals surface area (Å²) in [4.78, 5) is 13.9. The fraction of sp³-hybridized carbons (Fsp3) is 0.417. The molecule has 0 bridgehead atoms. The minimum Gasteiger partial charge on any atom is -0.338 e. The van der Waals surface area contributed by atoms with Crippen LogP contribution in [0.5, 0.6) is 0 Å². The standard InChI is InChI=1S/C12H16N2O3S2/c1-2-19(16,17)13-7-10-3-5-14(8-10)12(15)11-4-6-18-9-11/h2,4,6,9-10,13H,1,3,5,7-8H2/t10-/m1/s1. The van der Waals surface area contributed by atoms with E-state index in [4.69, 9.17) is 0 Å². The molecule has 1 aromatic rings. The van der Waals surface area contributed by atoms with Crippen molar-refractivity contribution in [2.24, 2.45) is 5.92 Å². The van der Waals surface area contributed by atoms with E-state index in [9.17, 15) is 13.2 Å². The number of thiophene rings is 1. The fourth-order valence-electron chi connectivity index (χ4n) is 2.05. The molecule has 5 nitrogen and oxygen atoms in total. The van der Waals surface area contributed by atoms with Crippen molar-refractivity contribution >= 4 is 27.3 Å². The van der Waals surface area contributed by atoms with E-state index in [1.165, 1.54) is 11.3 Å². The Morgan fingerprint density at radius 3 is 3.05 bits per heavy atom. The Hall–Kier alpha value is -1.18. The highest BCUT2D eigenvalue weighted by molar-refractivity contribution is 7.92. The first-order valence-corrected chi connectivity index (χ1v) is 8.44. The van der Waals surface area contributed by atoms with Gasteiger partial charge in [0.15, 0.2) is 0 Å². The van der Waals surface area contributed by atoms with Crippen LogP contribution in [0.1, 0.15) is 16.8 Å². The van der Waals surface area contributed by atoms with E-state index in [0.717, 1.165) is 11.8 Å². The molecule has 0 aromatic carbocycles. The second kappa shape index (κ2) is 5.85. The lowest BCUT2D eigenvalue weighted by atomic mass is 10.1. The maximum Gasteiger partial charge on any atom is 0.254 e. The fourth-order valence-corrected chi connectivity index (χ4v) is 3.26. The largest absolute Gasteiger partial charge is 0.338 e. The Balaban J connectivity index is 1.87. The predicted molar refractivity (Wildman–Crippen MR) is 75.4 cm³/mol. The Morgan fingerprint density at radius 1 is 1.63 bits per heavy atom. The normalized spacial score (nSPS) is 19.6. The molecule has 1 aromatic heterocycles. The van der Waals surface area contributed by atoms with Gasteiger partial charge in [-0.1, -0.05) is 6.58 Å². The van der Waals surface area contributed by atoms with Gasteiger partial charge in [-0.15, -0.1) is 0 Å². The average Bonchev–Trinajstić information content (AvgIpc) is 3.07. The summed E-state index contributed by atoms with van der Waals surface area (Å²) in [7, 11) is -3.38. The van der Waals surface area contributed by atoms with Crippen LogP contribution in [0.2, 0.25) is 0 Å². The van der Waals surface area contributed by atoms with Gasteiger partial charge in [0.25, 0.3) is 5.91 Å². The summed E-state index contributed by atoms with van der Waals surface area (Å²) in [6, 6.07) is 1.81. The van der Waals surface area contributed by atoms with E-state index in [1.807, 2.05) is 10.8 Å². The Kier molecular flexibility index (Phi) is 4.38. The van der Waals surface area contributed by atoms with Gasteiger partial charge in [-0.2, -0.15) is 11.3 Å².